The summed E-state index contributed by atoms with van der Waals surface area (Å²) in [6.45, 7) is 0. The molecule has 2 aromatic rings. The second kappa shape index (κ2) is 3.91. The van der Waals surface area contributed by atoms with Crippen molar-refractivity contribution in [3.63, 3.8) is 0 Å². The lowest BCUT2D eigenvalue weighted by Gasteiger charge is -1.98. The van der Waals surface area contributed by atoms with Crippen molar-refractivity contribution in [2.45, 2.75) is 6.42 Å². The first-order valence-electron chi connectivity index (χ1n) is 4.48. The summed E-state index contributed by atoms with van der Waals surface area (Å²) in [5.41, 5.74) is 7.27. The molecule has 3 N–H and O–H groups in total. The zero-order valence-corrected chi connectivity index (χ0v) is 7.97. The molecule has 76 valence electrons. The Morgan fingerprint density at radius 2 is 2.40 bits per heavy atom. The molecule has 0 bridgehead atoms. The normalized spacial score (nSPS) is 10.1. The highest BCUT2D eigenvalue weighted by atomic mass is 16.1. The fourth-order valence-corrected chi connectivity index (χ4v) is 1.36. The molecule has 15 heavy (non-hydrogen) atoms. The molecule has 1 amide bonds. The number of carbonyl (C=O) groups excluding carboxylic acids is 1. The van der Waals surface area contributed by atoms with Gasteiger partial charge in [-0.15, -0.1) is 0 Å². The van der Waals surface area contributed by atoms with E-state index in [1.54, 1.807) is 12.4 Å². The standard InChI is InChI=1S/C10H10N4O/c11-10(15)8-6-13-14-9(8)4-7-2-1-3-12-5-7/h1-3,5-6H,4H2,(H2,11,15)(H,13,14). The molecule has 5 nitrogen and oxygen atoms in total. The van der Waals surface area contributed by atoms with E-state index in [4.69, 9.17) is 5.73 Å². The summed E-state index contributed by atoms with van der Waals surface area (Å²) >= 11 is 0. The van der Waals surface area contributed by atoms with Crippen molar-refractivity contribution < 1.29 is 4.79 Å². The number of hydrogen-bond acceptors (Lipinski definition) is 3. The fourth-order valence-electron chi connectivity index (χ4n) is 1.36. The summed E-state index contributed by atoms with van der Waals surface area (Å²) in [5.74, 6) is -0.470. The summed E-state index contributed by atoms with van der Waals surface area (Å²) in [7, 11) is 0. The Bertz CT molecular complexity index is 463. The Kier molecular flexibility index (Phi) is 2.45. The van der Waals surface area contributed by atoms with Gasteiger partial charge in [0.25, 0.3) is 5.91 Å². The largest absolute Gasteiger partial charge is 0.365 e. The van der Waals surface area contributed by atoms with Crippen LogP contribution in [0.5, 0.6) is 0 Å². The van der Waals surface area contributed by atoms with E-state index < -0.39 is 5.91 Å². The number of carbonyl (C=O) groups is 1. The fraction of sp³-hybridized carbons (Fsp3) is 0.100. The van der Waals surface area contributed by atoms with E-state index in [9.17, 15) is 4.79 Å². The number of primary amides is 1. The van der Waals surface area contributed by atoms with Gasteiger partial charge in [0.2, 0.25) is 0 Å². The number of aromatic nitrogens is 3. The molecule has 0 aliphatic heterocycles. The van der Waals surface area contributed by atoms with Crippen LogP contribution in [0.25, 0.3) is 0 Å². The SMILES string of the molecule is NC(=O)c1c[nH]nc1Cc1cccnc1. The predicted octanol–water partition coefficient (Wildman–Crippen LogP) is 0.494. The van der Waals surface area contributed by atoms with Crippen LogP contribution >= 0.6 is 0 Å². The van der Waals surface area contributed by atoms with Gasteiger partial charge in [0.1, 0.15) is 0 Å². The second-order valence-electron chi connectivity index (χ2n) is 3.15. The number of rotatable bonds is 3. The first kappa shape index (κ1) is 9.39. The Hall–Kier alpha value is -2.17. The van der Waals surface area contributed by atoms with E-state index in [2.05, 4.69) is 15.2 Å². The van der Waals surface area contributed by atoms with Gasteiger partial charge in [-0.3, -0.25) is 14.9 Å². The van der Waals surface area contributed by atoms with E-state index in [1.807, 2.05) is 12.1 Å². The third-order valence-electron chi connectivity index (χ3n) is 2.08. The lowest BCUT2D eigenvalue weighted by atomic mass is 10.1. The number of pyridine rings is 1. The predicted molar refractivity (Wildman–Crippen MR) is 54.1 cm³/mol. The third-order valence-corrected chi connectivity index (χ3v) is 2.08. The van der Waals surface area contributed by atoms with Crippen LogP contribution in [0.2, 0.25) is 0 Å². The summed E-state index contributed by atoms with van der Waals surface area (Å²) in [6.07, 6.45) is 5.49. The number of nitrogens with zero attached hydrogens (tertiary/aromatic N) is 2. The van der Waals surface area contributed by atoms with Crippen molar-refractivity contribution in [2.75, 3.05) is 0 Å². The number of amides is 1. The number of nitrogens with one attached hydrogen (secondary N) is 1. The van der Waals surface area contributed by atoms with E-state index in [-0.39, 0.29) is 0 Å². The molecule has 0 radical (unpaired) electrons. The van der Waals surface area contributed by atoms with Crippen molar-refractivity contribution in [3.8, 4) is 0 Å². The van der Waals surface area contributed by atoms with Crippen LogP contribution in [-0.4, -0.2) is 21.1 Å². The Balaban J connectivity index is 2.25. The molecule has 2 heterocycles. The van der Waals surface area contributed by atoms with E-state index in [1.165, 1.54) is 6.20 Å². The minimum Gasteiger partial charge on any atom is -0.365 e. The van der Waals surface area contributed by atoms with Crippen LogP contribution in [0.15, 0.2) is 30.7 Å². The molecule has 0 aliphatic carbocycles. The minimum atomic E-state index is -0.470. The lowest BCUT2D eigenvalue weighted by Crippen LogP contribution is -2.12. The van der Waals surface area contributed by atoms with Gasteiger partial charge in [-0.2, -0.15) is 5.10 Å². The molecule has 0 aliphatic rings. The molecule has 0 unspecified atom stereocenters. The molecule has 2 aromatic heterocycles. The molecule has 0 saturated heterocycles. The van der Waals surface area contributed by atoms with Crippen LogP contribution in [0.1, 0.15) is 21.6 Å². The summed E-state index contributed by atoms with van der Waals surface area (Å²) < 4.78 is 0. The highest BCUT2D eigenvalue weighted by molar-refractivity contribution is 5.93. The maximum atomic E-state index is 11.0. The number of nitrogens with two attached hydrogens (primary N) is 1. The first-order chi connectivity index (χ1) is 7.27. The molecule has 0 fully saturated rings. The van der Waals surface area contributed by atoms with Crippen molar-refractivity contribution in [1.29, 1.82) is 0 Å². The topological polar surface area (TPSA) is 84.7 Å². The zero-order valence-electron chi connectivity index (χ0n) is 7.97. The van der Waals surface area contributed by atoms with Gasteiger partial charge in [-0.1, -0.05) is 6.07 Å². The quantitative estimate of drug-likeness (QED) is 0.759. The van der Waals surface area contributed by atoms with Crippen LogP contribution in [0, 0.1) is 0 Å². The van der Waals surface area contributed by atoms with Crippen LogP contribution in [0.3, 0.4) is 0 Å². The molecular weight excluding hydrogens is 192 g/mol. The Morgan fingerprint density at radius 1 is 1.53 bits per heavy atom. The van der Waals surface area contributed by atoms with Gasteiger partial charge in [-0.05, 0) is 11.6 Å². The lowest BCUT2D eigenvalue weighted by molar-refractivity contribution is 0.0999. The van der Waals surface area contributed by atoms with Gasteiger partial charge in [0.05, 0.1) is 11.3 Å². The van der Waals surface area contributed by atoms with Crippen molar-refractivity contribution in [1.82, 2.24) is 15.2 Å². The molecule has 0 spiro atoms. The smallest absolute Gasteiger partial charge is 0.252 e. The van der Waals surface area contributed by atoms with Crippen LogP contribution in [0.4, 0.5) is 0 Å². The second-order valence-corrected chi connectivity index (χ2v) is 3.15. The number of hydrogen-bond donors (Lipinski definition) is 2. The summed E-state index contributed by atoms with van der Waals surface area (Å²) in [5, 5.41) is 6.61. The Morgan fingerprint density at radius 3 is 3.07 bits per heavy atom. The maximum absolute atomic E-state index is 11.0. The third kappa shape index (κ3) is 2.01. The van der Waals surface area contributed by atoms with E-state index in [0.717, 1.165) is 5.56 Å². The van der Waals surface area contributed by atoms with Crippen molar-refractivity contribution in [2.24, 2.45) is 5.73 Å². The Labute approximate surface area is 86.3 Å². The van der Waals surface area contributed by atoms with E-state index in [0.29, 0.717) is 17.7 Å². The van der Waals surface area contributed by atoms with Gasteiger partial charge >= 0.3 is 0 Å². The minimum absolute atomic E-state index is 0.429. The molecule has 0 aromatic carbocycles. The van der Waals surface area contributed by atoms with Gasteiger partial charge in [-0.25, -0.2) is 0 Å². The number of H-pyrrole nitrogens is 1. The highest BCUT2D eigenvalue weighted by Gasteiger charge is 2.10. The van der Waals surface area contributed by atoms with Crippen molar-refractivity contribution >= 4 is 5.91 Å². The molecule has 5 heteroatoms. The first-order valence-corrected chi connectivity index (χ1v) is 4.48. The van der Waals surface area contributed by atoms with Crippen LogP contribution < -0.4 is 5.73 Å². The maximum Gasteiger partial charge on any atom is 0.252 e. The monoisotopic (exact) mass is 202 g/mol. The van der Waals surface area contributed by atoms with Gasteiger partial charge in [0.15, 0.2) is 0 Å². The molecule has 0 atom stereocenters. The molecule has 0 saturated carbocycles. The zero-order chi connectivity index (χ0) is 10.7. The number of aromatic amines is 1. The molecule has 2 rings (SSSR count). The van der Waals surface area contributed by atoms with Crippen LogP contribution in [-0.2, 0) is 6.42 Å². The van der Waals surface area contributed by atoms with E-state index >= 15 is 0 Å². The summed E-state index contributed by atoms with van der Waals surface area (Å²) in [6, 6.07) is 3.76. The summed E-state index contributed by atoms with van der Waals surface area (Å²) in [4.78, 5) is 15.0. The van der Waals surface area contributed by atoms with Gasteiger partial charge in [0, 0.05) is 25.0 Å². The molecular formula is C10H10N4O. The van der Waals surface area contributed by atoms with Crippen molar-refractivity contribution in [3.05, 3.63) is 47.5 Å². The van der Waals surface area contributed by atoms with Gasteiger partial charge < -0.3 is 5.73 Å². The average molecular weight is 202 g/mol. The average Bonchev–Trinajstić information content (AvgIpc) is 2.67. The highest BCUT2D eigenvalue weighted by Crippen LogP contribution is 2.09.